The first kappa shape index (κ1) is 18.9. The summed E-state index contributed by atoms with van der Waals surface area (Å²) in [5, 5.41) is 0.482. The summed E-state index contributed by atoms with van der Waals surface area (Å²) in [7, 11) is 0. The third-order valence-corrected chi connectivity index (χ3v) is 3.81. The van der Waals surface area contributed by atoms with Crippen LogP contribution in [0.2, 0.25) is 5.02 Å². The maximum Gasteiger partial charge on any atom is 0.246 e. The Morgan fingerprint density at radius 3 is 2.52 bits per heavy atom. The van der Waals surface area contributed by atoms with E-state index in [9.17, 15) is 14.0 Å². The fourth-order valence-electron chi connectivity index (χ4n) is 2.31. The molecule has 0 spiro atoms. The fraction of sp³-hybridized carbons (Fsp3) is 0.200. The van der Waals surface area contributed by atoms with E-state index < -0.39 is 0 Å². The van der Waals surface area contributed by atoms with Crippen molar-refractivity contribution >= 4 is 29.4 Å². The lowest BCUT2D eigenvalue weighted by Gasteiger charge is -2.19. The number of nitrogens with zero attached hydrogens (tertiary/aromatic N) is 1. The molecule has 0 saturated carbocycles. The van der Waals surface area contributed by atoms with Gasteiger partial charge in [0, 0.05) is 23.2 Å². The lowest BCUT2D eigenvalue weighted by molar-refractivity contribution is -0.125. The first-order valence-electron chi connectivity index (χ1n) is 8.01. The van der Waals surface area contributed by atoms with Crippen molar-refractivity contribution in [1.82, 2.24) is 4.90 Å². The van der Waals surface area contributed by atoms with E-state index in [2.05, 4.69) is 0 Å². The Morgan fingerprint density at radius 2 is 1.88 bits per heavy atom. The molecule has 0 aliphatic heterocycles. The molecule has 130 valence electrons. The molecule has 0 heterocycles. The summed E-state index contributed by atoms with van der Waals surface area (Å²) < 4.78 is 12.9. The molecule has 25 heavy (non-hydrogen) atoms. The van der Waals surface area contributed by atoms with Gasteiger partial charge in [0.05, 0.1) is 6.54 Å². The van der Waals surface area contributed by atoms with Gasteiger partial charge in [-0.1, -0.05) is 42.8 Å². The largest absolute Gasteiger partial charge is 0.331 e. The van der Waals surface area contributed by atoms with Gasteiger partial charge in [0.15, 0.2) is 5.78 Å². The van der Waals surface area contributed by atoms with Crippen LogP contribution in [0.3, 0.4) is 0 Å². The summed E-state index contributed by atoms with van der Waals surface area (Å²) in [4.78, 5) is 26.3. The van der Waals surface area contributed by atoms with E-state index in [0.717, 1.165) is 6.42 Å². The number of Topliss-reactive ketones (excluding diaryl/α,β-unsaturated/α-hetero) is 1. The van der Waals surface area contributed by atoms with Gasteiger partial charge in [0.2, 0.25) is 5.91 Å². The van der Waals surface area contributed by atoms with Crippen molar-refractivity contribution in [2.45, 2.75) is 13.3 Å². The van der Waals surface area contributed by atoms with Crippen molar-refractivity contribution in [3.8, 4) is 0 Å². The highest BCUT2D eigenvalue weighted by Gasteiger charge is 2.15. The molecule has 0 aromatic heterocycles. The van der Waals surface area contributed by atoms with Crippen molar-refractivity contribution < 1.29 is 14.0 Å². The lowest BCUT2D eigenvalue weighted by atomic mass is 10.1. The smallest absolute Gasteiger partial charge is 0.246 e. The van der Waals surface area contributed by atoms with Gasteiger partial charge >= 0.3 is 0 Å². The second-order valence-electron chi connectivity index (χ2n) is 5.58. The molecule has 0 aliphatic carbocycles. The van der Waals surface area contributed by atoms with E-state index in [0.29, 0.717) is 22.7 Å². The van der Waals surface area contributed by atoms with Gasteiger partial charge in [0.1, 0.15) is 5.82 Å². The Hall–Kier alpha value is -2.46. The minimum Gasteiger partial charge on any atom is -0.331 e. The third kappa shape index (κ3) is 5.84. The van der Waals surface area contributed by atoms with Crippen LogP contribution in [-0.4, -0.2) is 29.7 Å². The first-order chi connectivity index (χ1) is 12.0. The Morgan fingerprint density at radius 1 is 1.16 bits per heavy atom. The van der Waals surface area contributed by atoms with Crippen molar-refractivity contribution in [3.63, 3.8) is 0 Å². The van der Waals surface area contributed by atoms with Gasteiger partial charge in [-0.3, -0.25) is 9.59 Å². The topological polar surface area (TPSA) is 37.4 Å². The van der Waals surface area contributed by atoms with Crippen molar-refractivity contribution in [2.24, 2.45) is 0 Å². The number of hydrogen-bond donors (Lipinski definition) is 0. The zero-order valence-electron chi connectivity index (χ0n) is 13.9. The normalized spacial score (nSPS) is 10.8. The van der Waals surface area contributed by atoms with Crippen LogP contribution in [0.5, 0.6) is 0 Å². The van der Waals surface area contributed by atoms with Crippen LogP contribution in [-0.2, 0) is 4.79 Å². The first-order valence-corrected chi connectivity index (χ1v) is 8.38. The number of rotatable bonds is 7. The second kappa shape index (κ2) is 9.14. The molecule has 0 bridgehead atoms. The van der Waals surface area contributed by atoms with Gasteiger partial charge in [-0.15, -0.1) is 0 Å². The van der Waals surface area contributed by atoms with Crippen LogP contribution in [0.4, 0.5) is 4.39 Å². The van der Waals surface area contributed by atoms with Crippen molar-refractivity contribution in [2.75, 3.05) is 13.1 Å². The maximum absolute atomic E-state index is 12.9. The highest BCUT2D eigenvalue weighted by Crippen LogP contribution is 2.12. The summed E-state index contributed by atoms with van der Waals surface area (Å²) >= 11 is 5.91. The number of carbonyl (C=O) groups excluding carboxylic acids is 2. The molecule has 0 atom stereocenters. The van der Waals surface area contributed by atoms with Crippen molar-refractivity contribution in [1.29, 1.82) is 0 Å². The molecular weight excluding hydrogens is 341 g/mol. The van der Waals surface area contributed by atoms with E-state index in [4.69, 9.17) is 11.6 Å². The summed E-state index contributed by atoms with van der Waals surface area (Å²) in [5.74, 6) is -0.760. The number of ketones is 1. The van der Waals surface area contributed by atoms with Crippen LogP contribution in [0.1, 0.15) is 29.3 Å². The van der Waals surface area contributed by atoms with E-state index in [1.54, 1.807) is 42.5 Å². The van der Waals surface area contributed by atoms with Crippen LogP contribution >= 0.6 is 11.6 Å². The molecule has 3 nitrogen and oxygen atoms in total. The Bertz CT molecular complexity index is 772. The molecule has 5 heteroatoms. The highest BCUT2D eigenvalue weighted by molar-refractivity contribution is 6.31. The second-order valence-corrected chi connectivity index (χ2v) is 6.01. The number of carbonyl (C=O) groups is 2. The molecule has 2 aromatic rings. The molecule has 0 aliphatic rings. The maximum atomic E-state index is 12.9. The quantitative estimate of drug-likeness (QED) is 0.534. The molecule has 1 amide bonds. The zero-order chi connectivity index (χ0) is 18.2. The zero-order valence-corrected chi connectivity index (χ0v) is 14.7. The number of benzene rings is 2. The Balaban J connectivity index is 2.07. The molecule has 0 unspecified atom stereocenters. The minimum absolute atomic E-state index is 0.0131. The average Bonchev–Trinajstić information content (AvgIpc) is 2.60. The standard InChI is InChI=1S/C20H19ClFNO2/c1-2-12-23(14-19(24)16-4-3-5-17(21)13-16)20(25)11-8-15-6-9-18(22)10-7-15/h3-11,13H,2,12,14H2,1H3/b11-8+. The average molecular weight is 360 g/mol. The number of hydrogen-bond acceptors (Lipinski definition) is 2. The van der Waals surface area contributed by atoms with Crippen molar-refractivity contribution in [3.05, 3.63) is 76.6 Å². The molecule has 2 aromatic carbocycles. The molecule has 0 radical (unpaired) electrons. The van der Waals surface area contributed by atoms with Crippen LogP contribution < -0.4 is 0 Å². The monoisotopic (exact) mass is 359 g/mol. The summed E-state index contributed by atoms with van der Waals surface area (Å²) in [6.45, 7) is 2.40. The predicted octanol–water partition coefficient (Wildman–Crippen LogP) is 4.61. The third-order valence-electron chi connectivity index (χ3n) is 3.57. The van der Waals surface area contributed by atoms with E-state index in [1.165, 1.54) is 23.1 Å². The van der Waals surface area contributed by atoms with Crippen LogP contribution in [0, 0.1) is 5.82 Å². The summed E-state index contributed by atoms with van der Waals surface area (Å²) in [6, 6.07) is 12.5. The van der Waals surface area contributed by atoms with Gasteiger partial charge in [-0.2, -0.15) is 0 Å². The van der Waals surface area contributed by atoms with E-state index >= 15 is 0 Å². The van der Waals surface area contributed by atoms with Gasteiger partial charge in [-0.05, 0) is 42.3 Å². The van der Waals surface area contributed by atoms with E-state index in [1.807, 2.05) is 6.92 Å². The van der Waals surface area contributed by atoms with Gasteiger partial charge in [0.25, 0.3) is 0 Å². The summed E-state index contributed by atoms with van der Waals surface area (Å²) in [6.07, 6.45) is 3.74. The molecular formula is C20H19ClFNO2. The predicted molar refractivity (Wildman–Crippen MR) is 98.1 cm³/mol. The summed E-state index contributed by atoms with van der Waals surface area (Å²) in [5.41, 5.74) is 1.19. The number of amides is 1. The molecule has 2 rings (SSSR count). The molecule has 0 saturated heterocycles. The number of halogens is 2. The molecule has 0 N–H and O–H groups in total. The Kier molecular flexibility index (Phi) is 6.90. The fourth-order valence-corrected chi connectivity index (χ4v) is 2.50. The highest BCUT2D eigenvalue weighted by atomic mass is 35.5. The van der Waals surface area contributed by atoms with Crippen LogP contribution in [0.15, 0.2) is 54.6 Å². The van der Waals surface area contributed by atoms with Gasteiger partial charge < -0.3 is 4.90 Å². The SMILES string of the molecule is CCCN(CC(=O)c1cccc(Cl)c1)C(=O)/C=C/c1ccc(F)cc1. The van der Waals surface area contributed by atoms with Gasteiger partial charge in [-0.25, -0.2) is 4.39 Å². The Labute approximate surface area is 151 Å². The lowest BCUT2D eigenvalue weighted by Crippen LogP contribution is -2.35. The van der Waals surface area contributed by atoms with Crippen LogP contribution in [0.25, 0.3) is 6.08 Å². The molecule has 0 fully saturated rings. The minimum atomic E-state index is -0.330. The van der Waals surface area contributed by atoms with E-state index in [-0.39, 0.29) is 24.1 Å².